The Bertz CT molecular complexity index is 485. The maximum Gasteiger partial charge on any atom is 0.273 e. The summed E-state index contributed by atoms with van der Waals surface area (Å²) in [6.07, 6.45) is 9.45. The van der Waals surface area contributed by atoms with Crippen molar-refractivity contribution < 1.29 is 4.79 Å². The van der Waals surface area contributed by atoms with Crippen molar-refractivity contribution in [2.45, 2.75) is 49.4 Å². The van der Waals surface area contributed by atoms with Gasteiger partial charge in [0.05, 0.1) is 12.2 Å². The lowest BCUT2D eigenvalue weighted by molar-refractivity contribution is 0.0933. The minimum Gasteiger partial charge on any atom is -0.347 e. The summed E-state index contributed by atoms with van der Waals surface area (Å²) < 4.78 is 1.86. The minimum absolute atomic E-state index is 0.0823. The van der Waals surface area contributed by atoms with E-state index >= 15 is 0 Å². The summed E-state index contributed by atoms with van der Waals surface area (Å²) in [5.41, 5.74) is 0.445. The summed E-state index contributed by atoms with van der Waals surface area (Å²) >= 11 is 1.84. The van der Waals surface area contributed by atoms with Crippen LogP contribution in [0.2, 0.25) is 0 Å². The molecule has 1 aliphatic carbocycles. The second kappa shape index (κ2) is 6.79. The third kappa shape index (κ3) is 3.40. The molecule has 0 spiro atoms. The van der Waals surface area contributed by atoms with Crippen molar-refractivity contribution in [3.63, 3.8) is 0 Å². The number of hydrogen-bond acceptors (Lipinski definition) is 5. The molecule has 0 bridgehead atoms. The molecule has 116 valence electrons. The van der Waals surface area contributed by atoms with E-state index in [1.165, 1.54) is 12.8 Å². The first-order valence-electron chi connectivity index (χ1n) is 7.74. The van der Waals surface area contributed by atoms with E-state index in [0.717, 1.165) is 32.4 Å². The van der Waals surface area contributed by atoms with E-state index in [0.29, 0.717) is 17.0 Å². The number of rotatable bonds is 4. The van der Waals surface area contributed by atoms with E-state index in [4.69, 9.17) is 0 Å². The quantitative estimate of drug-likeness (QED) is 0.875. The van der Waals surface area contributed by atoms with E-state index in [1.54, 1.807) is 6.20 Å². The Labute approximate surface area is 129 Å². The molecule has 0 aromatic carbocycles. The topological polar surface area (TPSA) is 71.8 Å². The largest absolute Gasteiger partial charge is 0.347 e. The van der Waals surface area contributed by atoms with Crippen LogP contribution in [0, 0.1) is 0 Å². The summed E-state index contributed by atoms with van der Waals surface area (Å²) in [6, 6.07) is 0.641. The molecule has 1 saturated heterocycles. The van der Waals surface area contributed by atoms with E-state index in [-0.39, 0.29) is 11.9 Å². The van der Waals surface area contributed by atoms with Gasteiger partial charge in [0, 0.05) is 11.3 Å². The molecular formula is C14H23N5OS. The standard InChI is InChI=1S/C14H23N5OS/c1-21-13-4-2-3-11(13)16-14(20)12-9-19(18-17-12)10-5-7-15-8-6-10/h9-11,13,15H,2-8H2,1H3,(H,16,20). The fourth-order valence-electron chi connectivity index (χ4n) is 3.25. The van der Waals surface area contributed by atoms with E-state index in [2.05, 4.69) is 27.2 Å². The molecule has 2 N–H and O–H groups in total. The first-order chi connectivity index (χ1) is 10.3. The van der Waals surface area contributed by atoms with Gasteiger partial charge in [0.1, 0.15) is 0 Å². The third-order valence-corrected chi connectivity index (χ3v) is 5.67. The molecule has 2 heterocycles. The average molecular weight is 309 g/mol. The van der Waals surface area contributed by atoms with Crippen LogP contribution in [-0.4, -0.2) is 51.5 Å². The maximum atomic E-state index is 12.3. The number of aromatic nitrogens is 3. The van der Waals surface area contributed by atoms with Gasteiger partial charge in [0.25, 0.3) is 5.91 Å². The maximum absolute atomic E-state index is 12.3. The second-order valence-electron chi connectivity index (χ2n) is 5.85. The number of carbonyl (C=O) groups is 1. The Kier molecular flexibility index (Phi) is 4.80. The average Bonchev–Trinajstić information content (AvgIpc) is 3.17. The highest BCUT2D eigenvalue weighted by molar-refractivity contribution is 7.99. The monoisotopic (exact) mass is 309 g/mol. The normalized spacial score (nSPS) is 26.9. The van der Waals surface area contributed by atoms with Crippen LogP contribution < -0.4 is 10.6 Å². The van der Waals surface area contributed by atoms with Gasteiger partial charge in [-0.15, -0.1) is 5.10 Å². The van der Waals surface area contributed by atoms with Crippen molar-refractivity contribution in [1.29, 1.82) is 0 Å². The molecule has 2 atom stereocenters. The molecule has 3 rings (SSSR count). The first kappa shape index (κ1) is 14.8. The zero-order valence-corrected chi connectivity index (χ0v) is 13.2. The number of nitrogens with one attached hydrogen (secondary N) is 2. The summed E-state index contributed by atoms with van der Waals surface area (Å²) in [5, 5.41) is 15.2. The van der Waals surface area contributed by atoms with Gasteiger partial charge in [0.2, 0.25) is 0 Å². The van der Waals surface area contributed by atoms with Crippen molar-refractivity contribution in [2.75, 3.05) is 19.3 Å². The highest BCUT2D eigenvalue weighted by atomic mass is 32.2. The molecule has 1 aliphatic heterocycles. The fraction of sp³-hybridized carbons (Fsp3) is 0.786. The number of thioether (sulfide) groups is 1. The Hall–Kier alpha value is -1.08. The van der Waals surface area contributed by atoms with Crippen LogP contribution in [0.15, 0.2) is 6.20 Å². The number of piperidine rings is 1. The van der Waals surface area contributed by atoms with Crippen LogP contribution >= 0.6 is 11.8 Å². The van der Waals surface area contributed by atoms with E-state index in [1.807, 2.05) is 16.4 Å². The third-order valence-electron chi connectivity index (χ3n) is 4.50. The molecule has 1 aromatic heterocycles. The molecule has 7 heteroatoms. The number of nitrogens with zero attached hydrogens (tertiary/aromatic N) is 3. The second-order valence-corrected chi connectivity index (χ2v) is 6.93. The summed E-state index contributed by atoms with van der Waals surface area (Å²) in [5.74, 6) is -0.0823. The highest BCUT2D eigenvalue weighted by Crippen LogP contribution is 2.28. The Balaban J connectivity index is 1.61. The van der Waals surface area contributed by atoms with Crippen LogP contribution in [0.25, 0.3) is 0 Å². The number of carbonyl (C=O) groups excluding carboxylic acids is 1. The molecular weight excluding hydrogens is 286 g/mol. The molecule has 1 saturated carbocycles. The minimum atomic E-state index is -0.0823. The van der Waals surface area contributed by atoms with Gasteiger partial charge in [-0.3, -0.25) is 4.79 Å². The van der Waals surface area contributed by atoms with Gasteiger partial charge in [-0.25, -0.2) is 4.68 Å². The summed E-state index contributed by atoms with van der Waals surface area (Å²) in [7, 11) is 0. The van der Waals surface area contributed by atoms with Crippen LogP contribution in [-0.2, 0) is 0 Å². The Morgan fingerprint density at radius 3 is 2.95 bits per heavy atom. The van der Waals surface area contributed by atoms with Crippen molar-refractivity contribution in [2.24, 2.45) is 0 Å². The molecule has 1 aromatic rings. The molecule has 0 radical (unpaired) electrons. The lowest BCUT2D eigenvalue weighted by Gasteiger charge is -2.22. The molecule has 1 amide bonds. The van der Waals surface area contributed by atoms with Crippen molar-refractivity contribution in [1.82, 2.24) is 25.6 Å². The van der Waals surface area contributed by atoms with Crippen LogP contribution in [0.1, 0.15) is 48.6 Å². The molecule has 2 unspecified atom stereocenters. The fourth-order valence-corrected chi connectivity index (χ4v) is 4.18. The zero-order chi connectivity index (χ0) is 14.7. The molecule has 2 aliphatic rings. The van der Waals surface area contributed by atoms with Gasteiger partial charge < -0.3 is 10.6 Å². The van der Waals surface area contributed by atoms with Crippen molar-refractivity contribution in [3.8, 4) is 0 Å². The SMILES string of the molecule is CSC1CCCC1NC(=O)c1cn(C2CCNCC2)nn1. The van der Waals surface area contributed by atoms with Gasteiger partial charge in [0.15, 0.2) is 5.69 Å². The Morgan fingerprint density at radius 2 is 2.19 bits per heavy atom. The smallest absolute Gasteiger partial charge is 0.273 e. The highest BCUT2D eigenvalue weighted by Gasteiger charge is 2.29. The predicted octanol–water partition coefficient (Wildman–Crippen LogP) is 1.22. The molecule has 21 heavy (non-hydrogen) atoms. The van der Waals surface area contributed by atoms with Crippen molar-refractivity contribution in [3.05, 3.63) is 11.9 Å². The van der Waals surface area contributed by atoms with Gasteiger partial charge >= 0.3 is 0 Å². The lowest BCUT2D eigenvalue weighted by Crippen LogP contribution is -2.38. The van der Waals surface area contributed by atoms with Crippen molar-refractivity contribution >= 4 is 17.7 Å². The zero-order valence-electron chi connectivity index (χ0n) is 12.4. The van der Waals surface area contributed by atoms with E-state index < -0.39 is 0 Å². The summed E-state index contributed by atoms with van der Waals surface area (Å²) in [4.78, 5) is 12.3. The lowest BCUT2D eigenvalue weighted by atomic mass is 10.1. The number of hydrogen-bond donors (Lipinski definition) is 2. The van der Waals surface area contributed by atoms with Gasteiger partial charge in [-0.2, -0.15) is 11.8 Å². The van der Waals surface area contributed by atoms with Gasteiger partial charge in [-0.1, -0.05) is 11.6 Å². The van der Waals surface area contributed by atoms with Gasteiger partial charge in [-0.05, 0) is 45.0 Å². The molecule has 2 fully saturated rings. The van der Waals surface area contributed by atoms with E-state index in [9.17, 15) is 4.79 Å². The predicted molar refractivity (Wildman–Crippen MR) is 83.6 cm³/mol. The first-order valence-corrected chi connectivity index (χ1v) is 9.03. The summed E-state index contributed by atoms with van der Waals surface area (Å²) in [6.45, 7) is 2.01. The van der Waals surface area contributed by atoms with Crippen LogP contribution in [0.5, 0.6) is 0 Å². The molecule has 6 nitrogen and oxygen atoms in total. The Morgan fingerprint density at radius 1 is 1.38 bits per heavy atom. The van der Waals surface area contributed by atoms with Crippen LogP contribution in [0.4, 0.5) is 0 Å². The van der Waals surface area contributed by atoms with Crippen LogP contribution in [0.3, 0.4) is 0 Å². The number of amides is 1.